The SMILES string of the molecule is COCC(=O)N1CCCC[C@@H]1c1ncc(Cc2cccc(F)c2)o1. The van der Waals surface area contributed by atoms with Gasteiger partial charge in [0.15, 0.2) is 0 Å². The van der Waals surface area contributed by atoms with Gasteiger partial charge in [0.25, 0.3) is 0 Å². The van der Waals surface area contributed by atoms with Gasteiger partial charge in [0.1, 0.15) is 24.2 Å². The van der Waals surface area contributed by atoms with Crippen LogP contribution >= 0.6 is 0 Å². The number of piperidine rings is 1. The number of likely N-dealkylation sites (tertiary alicyclic amines) is 1. The molecule has 1 aliphatic heterocycles. The summed E-state index contributed by atoms with van der Waals surface area (Å²) >= 11 is 0. The van der Waals surface area contributed by atoms with Crippen molar-refractivity contribution < 1.29 is 18.3 Å². The van der Waals surface area contributed by atoms with Crippen LogP contribution in [0.4, 0.5) is 4.39 Å². The molecule has 0 saturated carbocycles. The van der Waals surface area contributed by atoms with E-state index in [-0.39, 0.29) is 24.4 Å². The first-order chi connectivity index (χ1) is 11.7. The number of oxazole rings is 1. The van der Waals surface area contributed by atoms with Crippen LogP contribution in [0.25, 0.3) is 0 Å². The molecule has 5 nitrogen and oxygen atoms in total. The molecule has 1 fully saturated rings. The number of carbonyl (C=O) groups excluding carboxylic acids is 1. The normalized spacial score (nSPS) is 17.9. The first-order valence-electron chi connectivity index (χ1n) is 8.15. The topological polar surface area (TPSA) is 55.6 Å². The van der Waals surface area contributed by atoms with Gasteiger partial charge >= 0.3 is 0 Å². The van der Waals surface area contributed by atoms with Gasteiger partial charge in [-0.05, 0) is 37.0 Å². The first kappa shape index (κ1) is 16.6. The van der Waals surface area contributed by atoms with E-state index in [1.54, 1.807) is 17.2 Å². The Hall–Kier alpha value is -2.21. The van der Waals surface area contributed by atoms with Crippen LogP contribution in [-0.4, -0.2) is 36.1 Å². The third-order valence-corrected chi connectivity index (χ3v) is 4.21. The summed E-state index contributed by atoms with van der Waals surface area (Å²) in [6.07, 6.45) is 4.97. The molecule has 2 aromatic rings. The number of rotatable bonds is 5. The van der Waals surface area contributed by atoms with E-state index in [0.29, 0.717) is 24.6 Å². The zero-order valence-corrected chi connectivity index (χ0v) is 13.7. The van der Waals surface area contributed by atoms with Crippen molar-refractivity contribution in [2.45, 2.75) is 31.7 Å². The van der Waals surface area contributed by atoms with E-state index in [0.717, 1.165) is 24.8 Å². The monoisotopic (exact) mass is 332 g/mol. The molecule has 1 atom stereocenters. The van der Waals surface area contributed by atoms with Gasteiger partial charge in [0, 0.05) is 20.1 Å². The summed E-state index contributed by atoms with van der Waals surface area (Å²) in [5.41, 5.74) is 0.827. The molecule has 128 valence electrons. The zero-order chi connectivity index (χ0) is 16.9. The molecular weight excluding hydrogens is 311 g/mol. The summed E-state index contributed by atoms with van der Waals surface area (Å²) in [5, 5.41) is 0. The van der Waals surface area contributed by atoms with Gasteiger partial charge in [-0.2, -0.15) is 0 Å². The van der Waals surface area contributed by atoms with Gasteiger partial charge in [-0.15, -0.1) is 0 Å². The van der Waals surface area contributed by atoms with Gasteiger partial charge in [-0.3, -0.25) is 4.79 Å². The van der Waals surface area contributed by atoms with Crippen LogP contribution in [-0.2, 0) is 16.0 Å². The number of amides is 1. The van der Waals surface area contributed by atoms with Crippen molar-refractivity contribution in [1.29, 1.82) is 0 Å². The van der Waals surface area contributed by atoms with E-state index < -0.39 is 0 Å². The lowest BCUT2D eigenvalue weighted by Gasteiger charge is -2.33. The summed E-state index contributed by atoms with van der Waals surface area (Å²) in [4.78, 5) is 18.3. The van der Waals surface area contributed by atoms with Crippen molar-refractivity contribution in [2.24, 2.45) is 0 Å². The number of hydrogen-bond donors (Lipinski definition) is 0. The van der Waals surface area contributed by atoms with E-state index in [9.17, 15) is 9.18 Å². The van der Waals surface area contributed by atoms with E-state index in [1.165, 1.54) is 19.2 Å². The predicted octanol–water partition coefficient (Wildman–Crippen LogP) is 3.10. The van der Waals surface area contributed by atoms with Gasteiger partial charge in [0.2, 0.25) is 11.8 Å². The molecular formula is C18H21FN2O3. The van der Waals surface area contributed by atoms with Crippen molar-refractivity contribution in [3.63, 3.8) is 0 Å². The minimum absolute atomic E-state index is 0.0490. The number of nitrogens with zero attached hydrogens (tertiary/aromatic N) is 2. The second-order valence-corrected chi connectivity index (χ2v) is 6.00. The van der Waals surface area contributed by atoms with Crippen LogP contribution < -0.4 is 0 Å². The number of ether oxygens (including phenoxy) is 1. The van der Waals surface area contributed by atoms with Crippen LogP contribution in [0.2, 0.25) is 0 Å². The maximum Gasteiger partial charge on any atom is 0.249 e. The van der Waals surface area contributed by atoms with Crippen molar-refractivity contribution in [3.05, 3.63) is 53.5 Å². The van der Waals surface area contributed by atoms with Gasteiger partial charge in [-0.1, -0.05) is 12.1 Å². The van der Waals surface area contributed by atoms with Crippen LogP contribution in [0, 0.1) is 5.82 Å². The minimum atomic E-state index is -0.268. The third kappa shape index (κ3) is 3.82. The standard InChI is InChI=1S/C18H21FN2O3/c1-23-12-17(22)21-8-3-2-7-16(21)18-20-11-15(24-18)10-13-5-4-6-14(19)9-13/h4-6,9,11,16H,2-3,7-8,10,12H2,1H3/t16-/m1/s1. The van der Waals surface area contributed by atoms with E-state index >= 15 is 0 Å². The van der Waals surface area contributed by atoms with Crippen molar-refractivity contribution in [1.82, 2.24) is 9.88 Å². The number of halogens is 1. The maximum atomic E-state index is 13.3. The molecule has 1 aromatic heterocycles. The molecule has 3 rings (SSSR count). The molecule has 0 bridgehead atoms. The summed E-state index contributed by atoms with van der Waals surface area (Å²) in [6.45, 7) is 0.752. The molecule has 0 spiro atoms. The smallest absolute Gasteiger partial charge is 0.249 e. The number of benzene rings is 1. The summed E-state index contributed by atoms with van der Waals surface area (Å²) in [5.74, 6) is 0.897. The quantitative estimate of drug-likeness (QED) is 0.844. The average molecular weight is 332 g/mol. The van der Waals surface area contributed by atoms with Crippen molar-refractivity contribution >= 4 is 5.91 Å². The molecule has 0 N–H and O–H groups in total. The summed E-state index contributed by atoms with van der Waals surface area (Å²) < 4.78 is 24.1. The second kappa shape index (κ2) is 7.57. The Morgan fingerprint density at radius 2 is 2.33 bits per heavy atom. The number of aromatic nitrogens is 1. The highest BCUT2D eigenvalue weighted by atomic mass is 19.1. The molecule has 0 radical (unpaired) electrons. The Balaban J connectivity index is 1.74. The largest absolute Gasteiger partial charge is 0.443 e. The van der Waals surface area contributed by atoms with Crippen LogP contribution in [0.1, 0.15) is 42.5 Å². The highest BCUT2D eigenvalue weighted by Gasteiger charge is 2.31. The molecule has 2 heterocycles. The molecule has 24 heavy (non-hydrogen) atoms. The number of carbonyl (C=O) groups is 1. The Morgan fingerprint density at radius 1 is 1.46 bits per heavy atom. The van der Waals surface area contributed by atoms with Gasteiger partial charge in [-0.25, -0.2) is 9.37 Å². The van der Waals surface area contributed by atoms with Gasteiger partial charge in [0.05, 0.1) is 6.20 Å². The Bertz CT molecular complexity index is 701. The third-order valence-electron chi connectivity index (χ3n) is 4.21. The fourth-order valence-corrected chi connectivity index (χ4v) is 3.10. The van der Waals surface area contributed by atoms with Crippen molar-refractivity contribution in [3.8, 4) is 0 Å². The van der Waals surface area contributed by atoms with E-state index in [4.69, 9.17) is 9.15 Å². The van der Waals surface area contributed by atoms with Crippen LogP contribution in [0.3, 0.4) is 0 Å². The first-order valence-corrected chi connectivity index (χ1v) is 8.15. The summed E-state index contributed by atoms with van der Waals surface area (Å²) in [7, 11) is 1.51. The Kier molecular flexibility index (Phi) is 5.25. The highest BCUT2D eigenvalue weighted by Crippen LogP contribution is 2.31. The fourth-order valence-electron chi connectivity index (χ4n) is 3.10. The molecule has 6 heteroatoms. The van der Waals surface area contributed by atoms with Crippen LogP contribution in [0.5, 0.6) is 0 Å². The molecule has 1 aliphatic rings. The molecule has 0 aliphatic carbocycles. The molecule has 1 aromatic carbocycles. The second-order valence-electron chi connectivity index (χ2n) is 6.00. The van der Waals surface area contributed by atoms with E-state index in [2.05, 4.69) is 4.98 Å². The number of methoxy groups -OCH3 is 1. The fraction of sp³-hybridized carbons (Fsp3) is 0.444. The number of hydrogen-bond acceptors (Lipinski definition) is 4. The maximum absolute atomic E-state index is 13.3. The minimum Gasteiger partial charge on any atom is -0.443 e. The lowest BCUT2D eigenvalue weighted by molar-refractivity contribution is -0.139. The Labute approximate surface area is 140 Å². The van der Waals surface area contributed by atoms with E-state index in [1.807, 2.05) is 6.07 Å². The Morgan fingerprint density at radius 3 is 3.12 bits per heavy atom. The average Bonchev–Trinajstić information content (AvgIpc) is 3.03. The zero-order valence-electron chi connectivity index (χ0n) is 13.7. The molecule has 1 amide bonds. The predicted molar refractivity (Wildman–Crippen MR) is 85.9 cm³/mol. The molecule has 1 saturated heterocycles. The summed E-state index contributed by atoms with van der Waals surface area (Å²) in [6, 6.07) is 6.27. The lowest BCUT2D eigenvalue weighted by Crippen LogP contribution is -2.40. The van der Waals surface area contributed by atoms with Gasteiger partial charge < -0.3 is 14.1 Å². The van der Waals surface area contributed by atoms with Crippen molar-refractivity contribution in [2.75, 3.05) is 20.3 Å². The lowest BCUT2D eigenvalue weighted by atomic mass is 10.0. The highest BCUT2D eigenvalue weighted by molar-refractivity contribution is 5.77. The molecule has 0 unspecified atom stereocenters. The van der Waals surface area contributed by atoms with Crippen LogP contribution in [0.15, 0.2) is 34.9 Å².